The van der Waals surface area contributed by atoms with Crippen LogP contribution in [-0.4, -0.2) is 49.6 Å². The second-order valence-electron chi connectivity index (χ2n) is 5.14. The lowest BCUT2D eigenvalue weighted by Gasteiger charge is -2.26. The van der Waals surface area contributed by atoms with Crippen molar-refractivity contribution in [2.24, 2.45) is 0 Å². The van der Waals surface area contributed by atoms with E-state index in [1.165, 1.54) is 23.1 Å². The van der Waals surface area contributed by atoms with Gasteiger partial charge in [0.2, 0.25) is 0 Å². The Balaban J connectivity index is 2.47. The van der Waals surface area contributed by atoms with Gasteiger partial charge in [-0.2, -0.15) is 5.10 Å². The number of benzene rings is 1. The monoisotopic (exact) mass is 320 g/mol. The molecule has 2 N–H and O–H groups in total. The number of nitro benzene ring substituents is 1. The first kappa shape index (κ1) is 16.4. The Hall–Kier alpha value is -2.97. The standard InChI is InChI=1S/C14H16N4O5/c1-3-8(2)17(7-12(19)20)14(21)13-10-6-9(18(22)23)4-5-11(10)15-16-13/h4-6,8H,3,7H2,1-2H3,(H,15,16)(H,19,20). The molecule has 2 aromatic rings. The summed E-state index contributed by atoms with van der Waals surface area (Å²) in [5.41, 5.74) is 0.282. The molecule has 23 heavy (non-hydrogen) atoms. The van der Waals surface area contributed by atoms with Crippen LogP contribution in [-0.2, 0) is 4.79 Å². The van der Waals surface area contributed by atoms with Crippen LogP contribution in [0.25, 0.3) is 10.9 Å². The van der Waals surface area contributed by atoms with E-state index in [0.717, 1.165) is 0 Å². The third kappa shape index (κ3) is 3.28. The summed E-state index contributed by atoms with van der Waals surface area (Å²) in [6.45, 7) is 3.11. The number of carbonyl (C=O) groups excluding carboxylic acids is 1. The Labute approximate surface area is 131 Å². The van der Waals surface area contributed by atoms with E-state index in [9.17, 15) is 19.7 Å². The number of nitrogens with one attached hydrogen (secondary N) is 1. The van der Waals surface area contributed by atoms with E-state index in [0.29, 0.717) is 17.3 Å². The average Bonchev–Trinajstić information content (AvgIpc) is 2.93. The lowest BCUT2D eigenvalue weighted by molar-refractivity contribution is -0.384. The van der Waals surface area contributed by atoms with E-state index in [2.05, 4.69) is 10.2 Å². The van der Waals surface area contributed by atoms with Gasteiger partial charge in [-0.15, -0.1) is 0 Å². The van der Waals surface area contributed by atoms with Crippen molar-refractivity contribution in [1.82, 2.24) is 15.1 Å². The van der Waals surface area contributed by atoms with Crippen molar-refractivity contribution < 1.29 is 19.6 Å². The molecule has 0 radical (unpaired) electrons. The van der Waals surface area contributed by atoms with Crippen molar-refractivity contribution in [1.29, 1.82) is 0 Å². The molecule has 1 atom stereocenters. The highest BCUT2D eigenvalue weighted by molar-refractivity contribution is 6.06. The minimum atomic E-state index is -1.13. The maximum atomic E-state index is 12.6. The van der Waals surface area contributed by atoms with Gasteiger partial charge in [0.25, 0.3) is 11.6 Å². The van der Waals surface area contributed by atoms with Crippen LogP contribution in [0, 0.1) is 10.1 Å². The Kier molecular flexibility index (Phi) is 4.58. The molecule has 1 aromatic carbocycles. The largest absolute Gasteiger partial charge is 0.480 e. The smallest absolute Gasteiger partial charge is 0.323 e. The molecule has 9 heteroatoms. The van der Waals surface area contributed by atoms with Crippen molar-refractivity contribution in [3.05, 3.63) is 34.0 Å². The van der Waals surface area contributed by atoms with Gasteiger partial charge in [0.1, 0.15) is 6.54 Å². The molecule has 1 heterocycles. The van der Waals surface area contributed by atoms with Gasteiger partial charge in [0, 0.05) is 23.6 Å². The quantitative estimate of drug-likeness (QED) is 0.616. The third-order valence-corrected chi connectivity index (χ3v) is 3.65. The number of carbonyl (C=O) groups is 2. The van der Waals surface area contributed by atoms with Crippen molar-refractivity contribution in [3.8, 4) is 0 Å². The highest BCUT2D eigenvalue weighted by Crippen LogP contribution is 2.23. The second-order valence-corrected chi connectivity index (χ2v) is 5.14. The first-order valence-corrected chi connectivity index (χ1v) is 7.00. The van der Waals surface area contributed by atoms with Gasteiger partial charge in [-0.3, -0.25) is 24.8 Å². The van der Waals surface area contributed by atoms with Gasteiger partial charge in [0.15, 0.2) is 5.69 Å². The predicted octanol–water partition coefficient (Wildman–Crippen LogP) is 1.80. The molecule has 0 saturated heterocycles. The normalized spacial score (nSPS) is 12.1. The zero-order chi connectivity index (χ0) is 17.1. The number of nitro groups is 1. The van der Waals surface area contributed by atoms with Gasteiger partial charge in [-0.25, -0.2) is 0 Å². The predicted molar refractivity (Wildman–Crippen MR) is 81.2 cm³/mol. The summed E-state index contributed by atoms with van der Waals surface area (Å²) < 4.78 is 0. The molecule has 122 valence electrons. The molecule has 0 fully saturated rings. The molecule has 0 bridgehead atoms. The van der Waals surface area contributed by atoms with Crippen molar-refractivity contribution in [2.75, 3.05) is 6.54 Å². The highest BCUT2D eigenvalue weighted by Gasteiger charge is 2.27. The van der Waals surface area contributed by atoms with Gasteiger partial charge in [0.05, 0.1) is 10.4 Å². The molecular formula is C14H16N4O5. The summed E-state index contributed by atoms with van der Waals surface area (Å²) >= 11 is 0. The second kappa shape index (κ2) is 6.42. The van der Waals surface area contributed by atoms with E-state index in [-0.39, 0.29) is 17.4 Å². The van der Waals surface area contributed by atoms with Gasteiger partial charge in [-0.05, 0) is 19.4 Å². The number of hydrogen-bond donors (Lipinski definition) is 2. The Morgan fingerprint density at radius 2 is 2.17 bits per heavy atom. The van der Waals surface area contributed by atoms with Crippen molar-refractivity contribution in [2.45, 2.75) is 26.3 Å². The number of aliphatic carboxylic acids is 1. The number of nitrogens with zero attached hydrogens (tertiary/aromatic N) is 3. The fourth-order valence-corrected chi connectivity index (χ4v) is 2.21. The van der Waals surface area contributed by atoms with E-state index >= 15 is 0 Å². The van der Waals surface area contributed by atoms with Crippen LogP contribution in [0.5, 0.6) is 0 Å². The maximum absolute atomic E-state index is 12.6. The fraction of sp³-hybridized carbons (Fsp3) is 0.357. The first-order chi connectivity index (χ1) is 10.8. The van der Waals surface area contributed by atoms with E-state index in [1.54, 1.807) is 6.92 Å². The van der Waals surface area contributed by atoms with Gasteiger partial charge >= 0.3 is 5.97 Å². The topological polar surface area (TPSA) is 129 Å². The number of aromatic nitrogens is 2. The van der Waals surface area contributed by atoms with Crippen LogP contribution in [0.3, 0.4) is 0 Å². The number of non-ortho nitro benzene ring substituents is 1. The molecule has 1 amide bonds. The zero-order valence-corrected chi connectivity index (χ0v) is 12.6. The third-order valence-electron chi connectivity index (χ3n) is 3.65. The lowest BCUT2D eigenvalue weighted by Crippen LogP contribution is -2.42. The van der Waals surface area contributed by atoms with Gasteiger partial charge < -0.3 is 10.0 Å². The summed E-state index contributed by atoms with van der Waals surface area (Å²) in [6.07, 6.45) is 0.571. The number of carboxylic acids is 1. The number of hydrogen-bond acceptors (Lipinski definition) is 5. The number of carboxylic acid groups (broad SMARTS) is 1. The molecule has 2 rings (SSSR count). The van der Waals surface area contributed by atoms with E-state index in [1.807, 2.05) is 6.92 Å². The summed E-state index contributed by atoms with van der Waals surface area (Å²) in [4.78, 5) is 35.2. The van der Waals surface area contributed by atoms with Crippen LogP contribution in [0.2, 0.25) is 0 Å². The Morgan fingerprint density at radius 3 is 2.74 bits per heavy atom. The molecule has 0 aliphatic heterocycles. The van der Waals surface area contributed by atoms with Crippen LogP contribution < -0.4 is 0 Å². The number of H-pyrrole nitrogens is 1. The average molecular weight is 320 g/mol. The SMILES string of the molecule is CCC(C)N(CC(=O)O)C(=O)c1n[nH]c2ccc([N+](=O)[O-])cc12. The van der Waals surface area contributed by atoms with Crippen LogP contribution in [0.15, 0.2) is 18.2 Å². The van der Waals surface area contributed by atoms with Crippen molar-refractivity contribution in [3.63, 3.8) is 0 Å². The number of amides is 1. The summed E-state index contributed by atoms with van der Waals surface area (Å²) in [6, 6.07) is 3.71. The molecule has 1 unspecified atom stereocenters. The summed E-state index contributed by atoms with van der Waals surface area (Å²) in [5.74, 6) is -1.71. The summed E-state index contributed by atoms with van der Waals surface area (Å²) in [5, 5.41) is 26.7. The number of fused-ring (bicyclic) bond motifs is 1. The minimum absolute atomic E-state index is 0.0229. The number of aromatic amines is 1. The highest BCUT2D eigenvalue weighted by atomic mass is 16.6. The zero-order valence-electron chi connectivity index (χ0n) is 12.6. The minimum Gasteiger partial charge on any atom is -0.480 e. The molecule has 0 saturated carbocycles. The van der Waals surface area contributed by atoms with Crippen LogP contribution >= 0.6 is 0 Å². The first-order valence-electron chi connectivity index (χ1n) is 7.00. The maximum Gasteiger partial charge on any atom is 0.323 e. The van der Waals surface area contributed by atoms with Crippen LogP contribution in [0.4, 0.5) is 5.69 Å². The van der Waals surface area contributed by atoms with E-state index in [4.69, 9.17) is 5.11 Å². The Bertz CT molecular complexity index is 770. The molecular weight excluding hydrogens is 304 g/mol. The van der Waals surface area contributed by atoms with Crippen molar-refractivity contribution >= 4 is 28.5 Å². The van der Waals surface area contributed by atoms with Crippen LogP contribution in [0.1, 0.15) is 30.8 Å². The molecule has 0 spiro atoms. The lowest BCUT2D eigenvalue weighted by atomic mass is 10.1. The molecule has 0 aliphatic rings. The number of rotatable bonds is 6. The molecule has 9 nitrogen and oxygen atoms in total. The van der Waals surface area contributed by atoms with E-state index < -0.39 is 23.3 Å². The Morgan fingerprint density at radius 1 is 1.48 bits per heavy atom. The van der Waals surface area contributed by atoms with Gasteiger partial charge in [-0.1, -0.05) is 6.92 Å². The molecule has 1 aromatic heterocycles. The fourth-order valence-electron chi connectivity index (χ4n) is 2.21. The summed E-state index contributed by atoms with van der Waals surface area (Å²) in [7, 11) is 0. The molecule has 0 aliphatic carbocycles.